The van der Waals surface area contributed by atoms with Gasteiger partial charge in [-0.25, -0.2) is 0 Å². The minimum atomic E-state index is 0. The minimum Gasteiger partial charge on any atom is -0.339 e. The molecule has 0 unspecified atom stereocenters. The van der Waals surface area contributed by atoms with Crippen molar-refractivity contribution < 1.29 is 25.8 Å². The number of hydrogen-bond donors (Lipinski definition) is 0. The molecule has 0 N–H and O–H groups in total. The Morgan fingerprint density at radius 2 is 2.00 bits per heavy atom. The van der Waals surface area contributed by atoms with Crippen LogP contribution in [0.15, 0.2) is 23.8 Å². The molecule has 0 nitrogen and oxygen atoms in total. The first-order valence-corrected chi connectivity index (χ1v) is 2.57. The van der Waals surface area contributed by atoms with Gasteiger partial charge in [0.1, 0.15) is 0 Å². The van der Waals surface area contributed by atoms with E-state index < -0.39 is 0 Å². The summed E-state index contributed by atoms with van der Waals surface area (Å²) in [6.45, 7) is 3.76. The van der Waals surface area contributed by atoms with Crippen LogP contribution in [0, 0.1) is 6.92 Å². The normalized spacial score (nSPS) is 12.3. The van der Waals surface area contributed by atoms with Crippen molar-refractivity contribution in [3.63, 3.8) is 0 Å². The molecule has 0 amide bonds. The van der Waals surface area contributed by atoms with Crippen LogP contribution in [-0.4, -0.2) is 0 Å². The molecule has 3 heteroatoms. The number of halogens is 2. The molecule has 1 aliphatic rings. The van der Waals surface area contributed by atoms with Crippen molar-refractivity contribution in [2.75, 3.05) is 0 Å². The summed E-state index contributed by atoms with van der Waals surface area (Å²) >= 11 is 0. The van der Waals surface area contributed by atoms with Crippen LogP contribution < -0.4 is 0 Å². The van der Waals surface area contributed by atoms with Crippen molar-refractivity contribution in [1.29, 1.82) is 0 Å². The fourth-order valence-corrected chi connectivity index (χ4v) is 0.677. The monoisotopic (exact) mass is 345 g/mol. The molecule has 1 rings (SSSR count). The van der Waals surface area contributed by atoms with Crippen molar-refractivity contribution in [3.05, 3.63) is 30.7 Å². The Kier molecular flexibility index (Phi) is 17.0. The van der Waals surface area contributed by atoms with Gasteiger partial charge in [-0.05, 0) is 6.42 Å². The van der Waals surface area contributed by atoms with Gasteiger partial charge < -0.3 is 6.92 Å². The SMILES string of the molecule is Cl.Cl.[CH2-]CC1=CC=CC1.[Hf]. The van der Waals surface area contributed by atoms with Crippen molar-refractivity contribution >= 4 is 24.8 Å². The maximum Gasteiger partial charge on any atom is 0 e. The quantitative estimate of drug-likeness (QED) is 0.507. The first-order chi connectivity index (χ1) is 3.43. The molecule has 0 heterocycles. The molecule has 1 aliphatic carbocycles. The van der Waals surface area contributed by atoms with Crippen LogP contribution in [0.5, 0.6) is 0 Å². The summed E-state index contributed by atoms with van der Waals surface area (Å²) in [5.74, 6) is 0. The molecule has 0 spiro atoms. The van der Waals surface area contributed by atoms with Crippen molar-refractivity contribution in [2.24, 2.45) is 0 Å². The predicted octanol–water partition coefficient (Wildman–Crippen LogP) is 2.94. The molecule has 0 aromatic rings. The first-order valence-electron chi connectivity index (χ1n) is 2.57. The Morgan fingerprint density at radius 3 is 2.20 bits per heavy atom. The average Bonchev–Trinajstić information content (AvgIpc) is 2.14. The fraction of sp³-hybridized carbons (Fsp3) is 0.286. The topological polar surface area (TPSA) is 0 Å². The predicted molar refractivity (Wildman–Crippen MR) is 46.3 cm³/mol. The van der Waals surface area contributed by atoms with E-state index in [4.69, 9.17) is 0 Å². The Hall–Kier alpha value is 0.930. The van der Waals surface area contributed by atoms with Gasteiger partial charge in [-0.15, -0.1) is 24.8 Å². The summed E-state index contributed by atoms with van der Waals surface area (Å²) in [6, 6.07) is 0. The fourth-order valence-electron chi connectivity index (χ4n) is 0.677. The molecular weight excluding hydrogens is 333 g/mol. The van der Waals surface area contributed by atoms with E-state index in [-0.39, 0.29) is 50.7 Å². The molecular formula is C7H11Cl2Hf-. The molecule has 0 fully saturated rings. The van der Waals surface area contributed by atoms with E-state index in [0.29, 0.717) is 0 Å². The van der Waals surface area contributed by atoms with Gasteiger partial charge in [0.2, 0.25) is 0 Å². The zero-order valence-electron chi connectivity index (χ0n) is 5.67. The van der Waals surface area contributed by atoms with Gasteiger partial charge >= 0.3 is 0 Å². The molecule has 0 aromatic carbocycles. The third-order valence-electron chi connectivity index (χ3n) is 1.17. The summed E-state index contributed by atoms with van der Waals surface area (Å²) in [5, 5.41) is 0. The third kappa shape index (κ3) is 5.70. The Labute approximate surface area is 93.8 Å². The van der Waals surface area contributed by atoms with Gasteiger partial charge in [-0.2, -0.15) is 6.42 Å². The van der Waals surface area contributed by atoms with Gasteiger partial charge in [-0.3, -0.25) is 0 Å². The van der Waals surface area contributed by atoms with Crippen molar-refractivity contribution in [2.45, 2.75) is 12.8 Å². The van der Waals surface area contributed by atoms with Gasteiger partial charge in [0.15, 0.2) is 0 Å². The maximum atomic E-state index is 3.76. The Balaban J connectivity index is -0.000000163. The third-order valence-corrected chi connectivity index (χ3v) is 1.17. The first kappa shape index (κ1) is 17.1. The summed E-state index contributed by atoms with van der Waals surface area (Å²) < 4.78 is 0. The van der Waals surface area contributed by atoms with Crippen LogP contribution in [-0.2, 0) is 25.8 Å². The maximum absolute atomic E-state index is 3.76. The molecule has 0 aliphatic heterocycles. The Morgan fingerprint density at radius 1 is 1.40 bits per heavy atom. The average molecular weight is 345 g/mol. The van der Waals surface area contributed by atoms with Gasteiger partial charge in [0.05, 0.1) is 0 Å². The number of hydrogen-bond acceptors (Lipinski definition) is 0. The van der Waals surface area contributed by atoms with Crippen molar-refractivity contribution in [1.82, 2.24) is 0 Å². The van der Waals surface area contributed by atoms with Crippen LogP contribution in [0.4, 0.5) is 0 Å². The number of allylic oxidation sites excluding steroid dienone is 4. The Bertz CT molecular complexity index is 119. The molecule has 0 atom stereocenters. The summed E-state index contributed by atoms with van der Waals surface area (Å²) in [5.41, 5.74) is 1.44. The van der Waals surface area contributed by atoms with Gasteiger partial charge in [0.25, 0.3) is 0 Å². The van der Waals surface area contributed by atoms with Crippen molar-refractivity contribution in [3.8, 4) is 0 Å². The second-order valence-electron chi connectivity index (χ2n) is 1.71. The zero-order valence-corrected chi connectivity index (χ0v) is 10.9. The van der Waals surface area contributed by atoms with Crippen LogP contribution in [0.25, 0.3) is 0 Å². The van der Waals surface area contributed by atoms with E-state index in [1.54, 1.807) is 0 Å². The van der Waals surface area contributed by atoms with Crippen LogP contribution in [0.2, 0.25) is 0 Å². The molecule has 0 aromatic heterocycles. The van der Waals surface area contributed by atoms with Gasteiger partial charge in [-0.1, -0.05) is 23.8 Å². The second kappa shape index (κ2) is 9.93. The van der Waals surface area contributed by atoms with E-state index in [1.165, 1.54) is 5.57 Å². The number of rotatable bonds is 1. The summed E-state index contributed by atoms with van der Waals surface area (Å²) in [7, 11) is 0. The van der Waals surface area contributed by atoms with E-state index in [2.05, 4.69) is 25.2 Å². The minimum absolute atomic E-state index is 0. The second-order valence-corrected chi connectivity index (χ2v) is 1.71. The van der Waals surface area contributed by atoms with E-state index in [0.717, 1.165) is 12.8 Å². The van der Waals surface area contributed by atoms with E-state index >= 15 is 0 Å². The van der Waals surface area contributed by atoms with Crippen LogP contribution >= 0.6 is 24.8 Å². The molecule has 0 radical (unpaired) electrons. The molecule has 58 valence electrons. The summed E-state index contributed by atoms with van der Waals surface area (Å²) in [4.78, 5) is 0. The van der Waals surface area contributed by atoms with E-state index in [1.807, 2.05) is 0 Å². The molecule has 10 heavy (non-hydrogen) atoms. The smallest absolute Gasteiger partial charge is 0 e. The van der Waals surface area contributed by atoms with Crippen LogP contribution in [0.3, 0.4) is 0 Å². The largest absolute Gasteiger partial charge is 0.339 e. The van der Waals surface area contributed by atoms with Gasteiger partial charge in [0, 0.05) is 25.8 Å². The standard InChI is InChI=1S/C7H9.2ClH.Hf/c1-2-7-5-3-4-6-7;;;/h3-5H,1-2,6H2;2*1H;/q-1;;;. The zero-order chi connectivity index (χ0) is 5.11. The van der Waals surface area contributed by atoms with E-state index in [9.17, 15) is 0 Å². The summed E-state index contributed by atoms with van der Waals surface area (Å²) in [6.07, 6.45) is 8.46. The van der Waals surface area contributed by atoms with Crippen LogP contribution in [0.1, 0.15) is 12.8 Å². The molecule has 0 saturated carbocycles. The molecule has 0 bridgehead atoms. The molecule has 0 saturated heterocycles.